The number of carbonyl (C=O) groups is 1. The molecular formula is C14H20FN3O3S. The smallest absolute Gasteiger partial charge is 0.410 e. The van der Waals surface area contributed by atoms with Gasteiger partial charge in [-0.1, -0.05) is 0 Å². The van der Waals surface area contributed by atoms with Gasteiger partial charge in [0.05, 0.1) is 28.9 Å². The Morgan fingerprint density at radius 2 is 2.09 bits per heavy atom. The molecule has 2 heterocycles. The van der Waals surface area contributed by atoms with E-state index in [4.69, 9.17) is 4.74 Å². The molecule has 0 radical (unpaired) electrons. The maximum atomic E-state index is 12.8. The minimum atomic E-state index is -1.48. The first kappa shape index (κ1) is 16.8. The third-order valence-corrected chi connectivity index (χ3v) is 4.45. The van der Waals surface area contributed by atoms with Gasteiger partial charge in [0.2, 0.25) is 5.16 Å². The Labute approximate surface area is 131 Å². The minimum absolute atomic E-state index is 0.0810. The van der Waals surface area contributed by atoms with Gasteiger partial charge in [0.25, 0.3) is 0 Å². The highest BCUT2D eigenvalue weighted by Gasteiger charge is 2.33. The maximum Gasteiger partial charge on any atom is 0.410 e. The summed E-state index contributed by atoms with van der Waals surface area (Å²) in [7, 11) is -1.48. The number of likely N-dealkylation sites (tertiary alicyclic amines) is 1. The number of aromatic nitrogens is 2. The second-order valence-corrected chi connectivity index (χ2v) is 7.56. The lowest BCUT2D eigenvalue weighted by Crippen LogP contribution is -2.42. The molecule has 1 aliphatic rings. The van der Waals surface area contributed by atoms with Crippen LogP contribution in [0.15, 0.2) is 17.6 Å². The van der Waals surface area contributed by atoms with Crippen LogP contribution in [-0.2, 0) is 15.5 Å². The Hall–Kier alpha value is -1.57. The van der Waals surface area contributed by atoms with Crippen molar-refractivity contribution in [1.82, 2.24) is 14.9 Å². The van der Waals surface area contributed by atoms with Gasteiger partial charge in [-0.25, -0.2) is 19.2 Å². The van der Waals surface area contributed by atoms with Crippen molar-refractivity contribution in [2.24, 2.45) is 0 Å². The van der Waals surface area contributed by atoms with Crippen LogP contribution in [0.3, 0.4) is 0 Å². The molecule has 0 bridgehead atoms. The van der Waals surface area contributed by atoms with E-state index in [9.17, 15) is 13.4 Å². The predicted octanol–water partition coefficient (Wildman–Crippen LogP) is 2.12. The number of amides is 1. The molecule has 2 atom stereocenters. The van der Waals surface area contributed by atoms with Gasteiger partial charge in [-0.3, -0.25) is 4.21 Å². The van der Waals surface area contributed by atoms with E-state index in [-0.39, 0.29) is 17.0 Å². The maximum absolute atomic E-state index is 12.8. The van der Waals surface area contributed by atoms with Gasteiger partial charge in [-0.05, 0) is 33.6 Å². The Morgan fingerprint density at radius 3 is 2.68 bits per heavy atom. The average Bonchev–Trinajstić information content (AvgIpc) is 2.85. The molecule has 122 valence electrons. The first-order chi connectivity index (χ1) is 10.3. The van der Waals surface area contributed by atoms with E-state index in [0.29, 0.717) is 6.54 Å². The highest BCUT2D eigenvalue weighted by Crippen LogP contribution is 2.22. The molecular weight excluding hydrogens is 309 g/mol. The van der Waals surface area contributed by atoms with Gasteiger partial charge < -0.3 is 9.64 Å². The molecule has 1 aromatic rings. The largest absolute Gasteiger partial charge is 0.444 e. The summed E-state index contributed by atoms with van der Waals surface area (Å²) in [4.78, 5) is 21.2. The van der Waals surface area contributed by atoms with Crippen LogP contribution in [0.5, 0.6) is 0 Å². The molecule has 1 aromatic heterocycles. The van der Waals surface area contributed by atoms with Crippen LogP contribution in [0.2, 0.25) is 0 Å². The van der Waals surface area contributed by atoms with Crippen molar-refractivity contribution in [1.29, 1.82) is 0 Å². The van der Waals surface area contributed by atoms with E-state index in [1.807, 2.05) is 0 Å². The molecule has 0 aromatic carbocycles. The Kier molecular flexibility index (Phi) is 5.10. The third-order valence-electron chi connectivity index (χ3n) is 3.15. The van der Waals surface area contributed by atoms with Crippen molar-refractivity contribution < 1.29 is 18.1 Å². The van der Waals surface area contributed by atoms with Crippen LogP contribution in [0, 0.1) is 5.82 Å². The zero-order chi connectivity index (χ0) is 16.3. The molecule has 2 rings (SSSR count). The van der Waals surface area contributed by atoms with Crippen molar-refractivity contribution in [3.63, 3.8) is 0 Å². The summed E-state index contributed by atoms with van der Waals surface area (Å²) in [5, 5.41) is 0.0810. The fourth-order valence-corrected chi connectivity index (χ4v) is 3.42. The van der Waals surface area contributed by atoms with Crippen molar-refractivity contribution in [3.05, 3.63) is 18.2 Å². The van der Waals surface area contributed by atoms with Gasteiger partial charge in [-0.2, -0.15) is 0 Å². The summed E-state index contributed by atoms with van der Waals surface area (Å²) in [6, 6.07) is -0.177. The van der Waals surface area contributed by atoms with Crippen LogP contribution >= 0.6 is 0 Å². The van der Waals surface area contributed by atoms with E-state index >= 15 is 0 Å². The average molecular weight is 329 g/mol. The summed E-state index contributed by atoms with van der Waals surface area (Å²) in [5.41, 5.74) is -0.566. The standard InChI is InChI=1S/C14H20FN3O3S/c1-14(2,3)21-13(19)18-6-4-5-11(18)9-22(20)12-16-7-10(15)8-17-12/h7-8,11H,4-6,9H2,1-3H3/t11-,22+/m1/s1. The molecule has 8 heteroatoms. The highest BCUT2D eigenvalue weighted by molar-refractivity contribution is 7.84. The number of hydrogen-bond donors (Lipinski definition) is 0. The normalized spacial score (nSPS) is 20.0. The van der Waals surface area contributed by atoms with Crippen LogP contribution in [0.1, 0.15) is 33.6 Å². The quantitative estimate of drug-likeness (QED) is 0.794. The molecule has 0 spiro atoms. The van der Waals surface area contributed by atoms with E-state index in [2.05, 4.69) is 9.97 Å². The molecule has 1 aliphatic heterocycles. The van der Waals surface area contributed by atoms with Crippen molar-refractivity contribution in [2.45, 2.75) is 50.4 Å². The van der Waals surface area contributed by atoms with Gasteiger partial charge in [0, 0.05) is 12.6 Å². The number of halogens is 1. The molecule has 1 saturated heterocycles. The number of rotatable bonds is 3. The lowest BCUT2D eigenvalue weighted by molar-refractivity contribution is 0.0241. The first-order valence-electron chi connectivity index (χ1n) is 7.12. The van der Waals surface area contributed by atoms with Crippen LogP contribution < -0.4 is 0 Å². The summed E-state index contributed by atoms with van der Waals surface area (Å²) < 4.78 is 30.4. The van der Waals surface area contributed by atoms with Crippen LogP contribution in [0.4, 0.5) is 9.18 Å². The molecule has 0 aliphatic carbocycles. The molecule has 22 heavy (non-hydrogen) atoms. The minimum Gasteiger partial charge on any atom is -0.444 e. The highest BCUT2D eigenvalue weighted by atomic mass is 32.2. The number of nitrogens with zero attached hydrogens (tertiary/aromatic N) is 3. The van der Waals surface area contributed by atoms with Gasteiger partial charge >= 0.3 is 6.09 Å². The first-order valence-corrected chi connectivity index (χ1v) is 8.44. The molecule has 0 N–H and O–H groups in total. The fourth-order valence-electron chi connectivity index (χ4n) is 2.24. The number of hydrogen-bond acceptors (Lipinski definition) is 5. The zero-order valence-electron chi connectivity index (χ0n) is 12.9. The lowest BCUT2D eigenvalue weighted by atomic mass is 10.2. The molecule has 0 unspecified atom stereocenters. The van der Waals surface area contributed by atoms with Crippen molar-refractivity contribution in [3.8, 4) is 0 Å². The molecule has 0 saturated carbocycles. The monoisotopic (exact) mass is 329 g/mol. The summed E-state index contributed by atoms with van der Waals surface area (Å²) >= 11 is 0. The second-order valence-electron chi connectivity index (χ2n) is 6.17. The molecule has 6 nitrogen and oxygen atoms in total. The van der Waals surface area contributed by atoms with Crippen LogP contribution in [-0.4, -0.2) is 49.1 Å². The van der Waals surface area contributed by atoms with Gasteiger partial charge in [0.1, 0.15) is 5.60 Å². The van der Waals surface area contributed by atoms with Crippen molar-refractivity contribution in [2.75, 3.05) is 12.3 Å². The second kappa shape index (κ2) is 6.68. The third kappa shape index (κ3) is 4.46. The van der Waals surface area contributed by atoms with Crippen LogP contribution in [0.25, 0.3) is 0 Å². The van der Waals surface area contributed by atoms with Gasteiger partial charge in [0.15, 0.2) is 5.82 Å². The summed E-state index contributed by atoms with van der Waals surface area (Å²) in [6.45, 7) is 6.00. The molecule has 1 fully saturated rings. The number of ether oxygens (including phenoxy) is 1. The van der Waals surface area contributed by atoms with E-state index in [0.717, 1.165) is 25.2 Å². The van der Waals surface area contributed by atoms with E-state index in [1.54, 1.807) is 25.7 Å². The van der Waals surface area contributed by atoms with E-state index < -0.39 is 28.3 Å². The summed E-state index contributed by atoms with van der Waals surface area (Å²) in [6.07, 6.45) is 3.17. The van der Waals surface area contributed by atoms with Crippen molar-refractivity contribution >= 4 is 16.9 Å². The summed E-state index contributed by atoms with van der Waals surface area (Å²) in [5.74, 6) is -0.345. The Bertz CT molecular complexity index is 559. The Morgan fingerprint density at radius 1 is 1.45 bits per heavy atom. The number of carbonyl (C=O) groups excluding carboxylic acids is 1. The van der Waals surface area contributed by atoms with Gasteiger partial charge in [-0.15, -0.1) is 0 Å². The molecule has 1 amide bonds. The van der Waals surface area contributed by atoms with E-state index in [1.165, 1.54) is 0 Å². The topological polar surface area (TPSA) is 72.4 Å². The zero-order valence-corrected chi connectivity index (χ0v) is 13.7. The predicted molar refractivity (Wildman–Crippen MR) is 79.2 cm³/mol. The Balaban J connectivity index is 2.00. The SMILES string of the molecule is CC(C)(C)OC(=O)N1CCC[C@@H]1C[S@](=O)c1ncc(F)cn1. The lowest BCUT2D eigenvalue weighted by Gasteiger charge is -2.28. The fraction of sp³-hybridized carbons (Fsp3) is 0.643.